The summed E-state index contributed by atoms with van der Waals surface area (Å²) in [5, 5.41) is 7.93. The number of methoxy groups -OCH3 is 1. The molecule has 0 aliphatic carbocycles. The Balaban J connectivity index is 2.39. The van der Waals surface area contributed by atoms with Crippen LogP contribution in [0, 0.1) is 0 Å². The summed E-state index contributed by atoms with van der Waals surface area (Å²) in [6.07, 6.45) is 0. The number of nitrogens with two attached hydrogens (primary N) is 1. The Labute approximate surface area is 113 Å². The minimum Gasteiger partial charge on any atom is -0.384 e. The Bertz CT molecular complexity index is 476. The number of sulfonamides is 1. The Kier molecular flexibility index (Phi) is 6.79. The smallest absolute Gasteiger partial charge is 0.210 e. The van der Waals surface area contributed by atoms with Crippen molar-refractivity contribution in [3.63, 3.8) is 0 Å². The van der Waals surface area contributed by atoms with Gasteiger partial charge in [-0.05, 0) is 17.7 Å². The van der Waals surface area contributed by atoms with Crippen LogP contribution in [0.2, 0.25) is 0 Å². The van der Waals surface area contributed by atoms with Crippen LogP contribution >= 0.6 is 0 Å². The number of rotatable bonds is 9. The molecule has 1 aromatic rings. The minimum absolute atomic E-state index is 0.0957. The summed E-state index contributed by atoms with van der Waals surface area (Å²) in [5.41, 5.74) is 1.85. The van der Waals surface area contributed by atoms with E-state index in [1.807, 2.05) is 24.3 Å². The molecule has 0 amide bonds. The lowest BCUT2D eigenvalue weighted by Gasteiger charge is -2.08. The van der Waals surface area contributed by atoms with Gasteiger partial charge in [-0.15, -0.1) is 0 Å². The lowest BCUT2D eigenvalue weighted by Crippen LogP contribution is -2.22. The van der Waals surface area contributed by atoms with Crippen LogP contribution in [0.15, 0.2) is 24.3 Å². The van der Waals surface area contributed by atoms with Crippen molar-refractivity contribution in [2.75, 3.05) is 37.9 Å². The summed E-state index contributed by atoms with van der Waals surface area (Å²) in [7, 11) is -1.80. The normalized spacial score (nSPS) is 11.5. The first-order valence-corrected chi connectivity index (χ1v) is 7.63. The second kappa shape index (κ2) is 8.11. The Morgan fingerprint density at radius 3 is 2.79 bits per heavy atom. The van der Waals surface area contributed by atoms with Crippen molar-refractivity contribution >= 4 is 15.7 Å². The van der Waals surface area contributed by atoms with E-state index in [1.54, 1.807) is 7.11 Å². The third kappa shape index (κ3) is 7.78. The molecule has 0 aromatic heterocycles. The number of ether oxygens (including phenoxy) is 2. The van der Waals surface area contributed by atoms with Crippen molar-refractivity contribution in [2.24, 2.45) is 5.14 Å². The van der Waals surface area contributed by atoms with Crippen LogP contribution in [0.5, 0.6) is 0 Å². The number of primary sulfonamides is 1. The van der Waals surface area contributed by atoms with Gasteiger partial charge in [-0.1, -0.05) is 12.1 Å². The molecule has 108 valence electrons. The quantitative estimate of drug-likeness (QED) is 0.648. The predicted molar refractivity (Wildman–Crippen MR) is 74.4 cm³/mol. The molecule has 0 saturated carbocycles. The number of nitrogens with one attached hydrogen (secondary N) is 1. The van der Waals surface area contributed by atoms with Crippen molar-refractivity contribution in [2.45, 2.75) is 6.61 Å². The van der Waals surface area contributed by atoms with Gasteiger partial charge in [0.05, 0.1) is 25.6 Å². The average Bonchev–Trinajstić information content (AvgIpc) is 2.34. The highest BCUT2D eigenvalue weighted by Gasteiger charge is 2.02. The average molecular weight is 288 g/mol. The Morgan fingerprint density at radius 1 is 1.32 bits per heavy atom. The molecule has 0 radical (unpaired) electrons. The summed E-state index contributed by atoms with van der Waals surface area (Å²) >= 11 is 0. The van der Waals surface area contributed by atoms with Gasteiger partial charge >= 0.3 is 0 Å². The highest BCUT2D eigenvalue weighted by Crippen LogP contribution is 2.11. The van der Waals surface area contributed by atoms with Crippen molar-refractivity contribution in [3.8, 4) is 0 Å². The predicted octanol–water partition coefficient (Wildman–Crippen LogP) is 0.550. The molecule has 1 rings (SSSR count). The number of anilines is 1. The van der Waals surface area contributed by atoms with Gasteiger partial charge in [-0.2, -0.15) is 0 Å². The van der Waals surface area contributed by atoms with E-state index in [1.165, 1.54) is 0 Å². The number of hydrogen-bond acceptors (Lipinski definition) is 5. The maximum Gasteiger partial charge on any atom is 0.210 e. The van der Waals surface area contributed by atoms with E-state index in [-0.39, 0.29) is 12.3 Å². The van der Waals surface area contributed by atoms with Crippen LogP contribution in [0.4, 0.5) is 5.69 Å². The first kappa shape index (κ1) is 15.9. The Morgan fingerprint density at radius 2 is 2.11 bits per heavy atom. The van der Waals surface area contributed by atoms with Crippen molar-refractivity contribution < 1.29 is 17.9 Å². The van der Waals surface area contributed by atoms with Crippen molar-refractivity contribution in [1.82, 2.24) is 0 Å². The third-order valence-electron chi connectivity index (χ3n) is 2.34. The summed E-state index contributed by atoms with van der Waals surface area (Å²) in [6, 6.07) is 7.60. The molecule has 0 fully saturated rings. The van der Waals surface area contributed by atoms with E-state index < -0.39 is 10.0 Å². The van der Waals surface area contributed by atoms with Crippen LogP contribution in [0.3, 0.4) is 0 Å². The van der Waals surface area contributed by atoms with E-state index >= 15 is 0 Å². The van der Waals surface area contributed by atoms with Crippen LogP contribution in [-0.2, 0) is 26.1 Å². The number of hydrogen-bond donors (Lipinski definition) is 2. The standard InChI is InChI=1S/C12H20N2O4S/c1-17-6-7-18-10-11-3-2-4-12(9-11)14-5-8-19(13,15)16/h2-4,9,14H,5-8,10H2,1H3,(H2,13,15,16). The molecule has 0 bridgehead atoms. The van der Waals surface area contributed by atoms with Gasteiger partial charge in [0.2, 0.25) is 10.0 Å². The fraction of sp³-hybridized carbons (Fsp3) is 0.500. The highest BCUT2D eigenvalue weighted by atomic mass is 32.2. The zero-order chi connectivity index (χ0) is 14.1. The first-order valence-electron chi connectivity index (χ1n) is 5.91. The van der Waals surface area contributed by atoms with Gasteiger partial charge in [0.1, 0.15) is 0 Å². The molecule has 6 nitrogen and oxygen atoms in total. The third-order valence-corrected chi connectivity index (χ3v) is 3.12. The zero-order valence-electron chi connectivity index (χ0n) is 11.0. The molecule has 0 atom stereocenters. The minimum atomic E-state index is -3.43. The maximum atomic E-state index is 10.8. The molecular weight excluding hydrogens is 268 g/mol. The zero-order valence-corrected chi connectivity index (χ0v) is 11.8. The fourth-order valence-electron chi connectivity index (χ4n) is 1.44. The molecule has 0 spiro atoms. The van der Waals surface area contributed by atoms with Crippen LogP contribution in [0.25, 0.3) is 0 Å². The van der Waals surface area contributed by atoms with E-state index in [9.17, 15) is 8.42 Å². The largest absolute Gasteiger partial charge is 0.384 e. The lowest BCUT2D eigenvalue weighted by atomic mass is 10.2. The monoisotopic (exact) mass is 288 g/mol. The maximum absolute atomic E-state index is 10.8. The Hall–Kier alpha value is -1.15. The van der Waals surface area contributed by atoms with Crippen molar-refractivity contribution in [3.05, 3.63) is 29.8 Å². The summed E-state index contributed by atoms with van der Waals surface area (Å²) < 4.78 is 31.9. The van der Waals surface area contributed by atoms with E-state index in [2.05, 4.69) is 5.32 Å². The van der Waals surface area contributed by atoms with Gasteiger partial charge in [-0.3, -0.25) is 0 Å². The van der Waals surface area contributed by atoms with E-state index in [0.717, 1.165) is 11.3 Å². The lowest BCUT2D eigenvalue weighted by molar-refractivity contribution is 0.0617. The van der Waals surface area contributed by atoms with Crippen LogP contribution in [0.1, 0.15) is 5.56 Å². The number of benzene rings is 1. The van der Waals surface area contributed by atoms with Gasteiger partial charge in [0, 0.05) is 19.3 Å². The summed E-state index contributed by atoms with van der Waals surface area (Å²) in [6.45, 7) is 1.88. The fourth-order valence-corrected chi connectivity index (χ4v) is 1.83. The van der Waals surface area contributed by atoms with Gasteiger partial charge in [-0.25, -0.2) is 13.6 Å². The molecule has 0 heterocycles. The molecule has 0 saturated heterocycles. The van der Waals surface area contributed by atoms with Crippen LogP contribution < -0.4 is 10.5 Å². The van der Waals surface area contributed by atoms with E-state index in [0.29, 0.717) is 19.8 Å². The molecule has 19 heavy (non-hydrogen) atoms. The topological polar surface area (TPSA) is 90.7 Å². The van der Waals surface area contributed by atoms with Crippen molar-refractivity contribution in [1.29, 1.82) is 0 Å². The van der Waals surface area contributed by atoms with Gasteiger partial charge in [0.25, 0.3) is 0 Å². The first-order chi connectivity index (χ1) is 9.01. The van der Waals surface area contributed by atoms with Crippen LogP contribution in [-0.4, -0.2) is 41.0 Å². The molecular formula is C12H20N2O4S. The molecule has 1 aromatic carbocycles. The van der Waals surface area contributed by atoms with Gasteiger partial charge in [0.15, 0.2) is 0 Å². The molecule has 3 N–H and O–H groups in total. The highest BCUT2D eigenvalue weighted by molar-refractivity contribution is 7.89. The molecule has 0 unspecified atom stereocenters. The molecule has 0 aliphatic rings. The summed E-state index contributed by atoms with van der Waals surface area (Å²) in [4.78, 5) is 0. The SMILES string of the molecule is COCCOCc1cccc(NCCS(N)(=O)=O)c1. The molecule has 7 heteroatoms. The second-order valence-corrected chi connectivity index (χ2v) is 5.77. The van der Waals surface area contributed by atoms with Gasteiger partial charge < -0.3 is 14.8 Å². The molecule has 0 aliphatic heterocycles. The second-order valence-electron chi connectivity index (χ2n) is 4.04. The van der Waals surface area contributed by atoms with E-state index in [4.69, 9.17) is 14.6 Å². The summed E-state index contributed by atoms with van der Waals surface area (Å²) in [5.74, 6) is -0.0957.